The molecule has 158 valence electrons. The number of nitrogens with one attached hydrogen (secondary N) is 1. The molecule has 11 nitrogen and oxygen atoms in total. The molecule has 0 atom stereocenters. The number of hydrogen-bond donors (Lipinski definition) is 2. The van der Waals surface area contributed by atoms with Gasteiger partial charge in [-0.05, 0) is 18.2 Å². The number of aliphatic hydroxyl groups is 1. The molecule has 30 heavy (non-hydrogen) atoms. The van der Waals surface area contributed by atoms with Crippen LogP contribution in [0.1, 0.15) is 0 Å². The van der Waals surface area contributed by atoms with Gasteiger partial charge in [0, 0.05) is 32.7 Å². The quantitative estimate of drug-likeness (QED) is 0.422. The molecule has 2 aromatic heterocycles. The third-order valence-electron chi connectivity index (χ3n) is 4.89. The Hall–Kier alpha value is -3.09. The molecule has 0 spiro atoms. The standard InChI is InChI=1S/C18H21N7O4S/c1-29-12-2-3-13-14(10-12)30-18(21-13)22-16-15(25(27)28)17(20-11-19-16)24-6-4-23(5-7-24)8-9-26/h2-3,10-11,26H,4-9H2,1H3,(H,19,20,21,22). The van der Waals surface area contributed by atoms with Crippen LogP contribution < -0.4 is 15.0 Å². The number of fused-ring (bicyclic) bond motifs is 1. The van der Waals surface area contributed by atoms with Crippen molar-refractivity contribution < 1.29 is 14.8 Å². The maximum atomic E-state index is 11.9. The molecule has 3 heterocycles. The van der Waals surface area contributed by atoms with E-state index in [1.54, 1.807) is 7.11 Å². The Morgan fingerprint density at radius 1 is 1.30 bits per heavy atom. The van der Waals surface area contributed by atoms with Crippen molar-refractivity contribution in [2.75, 3.05) is 56.7 Å². The molecule has 1 aromatic carbocycles. The van der Waals surface area contributed by atoms with Gasteiger partial charge in [0.1, 0.15) is 12.1 Å². The maximum absolute atomic E-state index is 11.9. The lowest BCUT2D eigenvalue weighted by Gasteiger charge is -2.34. The first-order valence-electron chi connectivity index (χ1n) is 9.38. The van der Waals surface area contributed by atoms with Crippen molar-refractivity contribution in [1.29, 1.82) is 0 Å². The summed E-state index contributed by atoms with van der Waals surface area (Å²) in [7, 11) is 1.59. The lowest BCUT2D eigenvalue weighted by atomic mass is 10.3. The number of benzene rings is 1. The van der Waals surface area contributed by atoms with Crippen molar-refractivity contribution >= 4 is 44.0 Å². The molecule has 12 heteroatoms. The van der Waals surface area contributed by atoms with Crippen molar-refractivity contribution in [3.63, 3.8) is 0 Å². The number of piperazine rings is 1. The van der Waals surface area contributed by atoms with Crippen LogP contribution in [0.15, 0.2) is 24.5 Å². The highest BCUT2D eigenvalue weighted by Crippen LogP contribution is 2.36. The highest BCUT2D eigenvalue weighted by molar-refractivity contribution is 7.22. The molecule has 0 bridgehead atoms. The molecular formula is C18H21N7O4S. The molecule has 0 amide bonds. The van der Waals surface area contributed by atoms with Gasteiger partial charge in [0.2, 0.25) is 11.6 Å². The summed E-state index contributed by atoms with van der Waals surface area (Å²) in [6.07, 6.45) is 1.32. The monoisotopic (exact) mass is 431 g/mol. The first-order chi connectivity index (χ1) is 14.6. The fourth-order valence-corrected chi connectivity index (χ4v) is 4.27. The van der Waals surface area contributed by atoms with Crippen LogP contribution in [0.3, 0.4) is 0 Å². The first kappa shape index (κ1) is 20.2. The molecule has 1 aliphatic heterocycles. The second-order valence-electron chi connectivity index (χ2n) is 6.68. The predicted octanol–water partition coefficient (Wildman–Crippen LogP) is 1.86. The van der Waals surface area contributed by atoms with Crippen molar-refractivity contribution in [3.05, 3.63) is 34.6 Å². The summed E-state index contributed by atoms with van der Waals surface area (Å²) in [5, 5.41) is 24.5. The van der Waals surface area contributed by atoms with Crippen molar-refractivity contribution in [2.24, 2.45) is 0 Å². The molecule has 0 aliphatic carbocycles. The Bertz CT molecular complexity index is 1050. The summed E-state index contributed by atoms with van der Waals surface area (Å²) in [6, 6.07) is 5.51. The Morgan fingerprint density at radius 3 is 2.80 bits per heavy atom. The number of β-amino-alcohol motifs (C(OH)–C–C–N with tert-alkyl or cyclic N) is 1. The fraction of sp³-hybridized carbons (Fsp3) is 0.389. The molecule has 1 aliphatic rings. The normalized spacial score (nSPS) is 14.8. The maximum Gasteiger partial charge on any atom is 0.353 e. The topological polar surface area (TPSA) is 130 Å². The average molecular weight is 431 g/mol. The van der Waals surface area contributed by atoms with Gasteiger partial charge in [0.05, 0.1) is 28.9 Å². The average Bonchev–Trinajstić information content (AvgIpc) is 3.15. The second kappa shape index (κ2) is 8.73. The van der Waals surface area contributed by atoms with E-state index in [4.69, 9.17) is 9.84 Å². The van der Waals surface area contributed by atoms with Crippen LogP contribution in [0.5, 0.6) is 5.75 Å². The zero-order valence-electron chi connectivity index (χ0n) is 16.3. The van der Waals surface area contributed by atoms with E-state index in [0.29, 0.717) is 43.6 Å². The van der Waals surface area contributed by atoms with Gasteiger partial charge in [-0.25, -0.2) is 15.0 Å². The zero-order valence-corrected chi connectivity index (χ0v) is 17.1. The number of thiazole rings is 1. The van der Waals surface area contributed by atoms with Gasteiger partial charge >= 0.3 is 5.69 Å². The van der Waals surface area contributed by atoms with Crippen LogP contribution in [-0.2, 0) is 0 Å². The lowest BCUT2D eigenvalue weighted by molar-refractivity contribution is -0.383. The van der Waals surface area contributed by atoms with Crippen LogP contribution >= 0.6 is 11.3 Å². The molecule has 0 unspecified atom stereocenters. The minimum atomic E-state index is -0.464. The van der Waals surface area contributed by atoms with E-state index in [1.807, 2.05) is 23.1 Å². The van der Waals surface area contributed by atoms with Crippen LogP contribution in [0.4, 0.5) is 22.5 Å². The molecular weight excluding hydrogens is 410 g/mol. The number of hydrogen-bond acceptors (Lipinski definition) is 11. The smallest absolute Gasteiger partial charge is 0.353 e. The summed E-state index contributed by atoms with van der Waals surface area (Å²) in [5.74, 6) is 1.10. The molecule has 0 saturated carbocycles. The summed E-state index contributed by atoms with van der Waals surface area (Å²) in [6.45, 7) is 3.25. The third-order valence-corrected chi connectivity index (χ3v) is 5.83. The van der Waals surface area contributed by atoms with Gasteiger partial charge in [-0.2, -0.15) is 0 Å². The number of rotatable bonds is 7. The van der Waals surface area contributed by atoms with Gasteiger partial charge in [-0.3, -0.25) is 15.0 Å². The van der Waals surface area contributed by atoms with Gasteiger partial charge < -0.3 is 20.1 Å². The number of aromatic nitrogens is 3. The number of nitrogens with zero attached hydrogens (tertiary/aromatic N) is 6. The Labute approximate surface area is 176 Å². The third kappa shape index (κ3) is 4.10. The Balaban J connectivity index is 1.61. The van der Waals surface area contributed by atoms with E-state index in [2.05, 4.69) is 25.2 Å². The van der Waals surface area contributed by atoms with Gasteiger partial charge in [0.15, 0.2) is 5.13 Å². The molecule has 4 rings (SSSR count). The van der Waals surface area contributed by atoms with Crippen LogP contribution in [0.25, 0.3) is 10.2 Å². The number of methoxy groups -OCH3 is 1. The van der Waals surface area contributed by atoms with Crippen LogP contribution in [0, 0.1) is 10.1 Å². The van der Waals surface area contributed by atoms with Gasteiger partial charge in [0.25, 0.3) is 0 Å². The molecule has 3 aromatic rings. The summed E-state index contributed by atoms with van der Waals surface area (Å²) in [5.41, 5.74) is 0.588. The highest BCUT2D eigenvalue weighted by atomic mass is 32.1. The summed E-state index contributed by atoms with van der Waals surface area (Å²) in [4.78, 5) is 28.2. The largest absolute Gasteiger partial charge is 0.497 e. The van der Waals surface area contributed by atoms with Crippen LogP contribution in [-0.4, -0.2) is 76.3 Å². The second-order valence-corrected chi connectivity index (χ2v) is 7.71. The molecule has 2 N–H and O–H groups in total. The molecule has 0 radical (unpaired) electrons. The van der Waals surface area contributed by atoms with Crippen molar-refractivity contribution in [1.82, 2.24) is 19.9 Å². The van der Waals surface area contributed by atoms with Gasteiger partial charge in [-0.1, -0.05) is 11.3 Å². The van der Waals surface area contributed by atoms with E-state index in [1.165, 1.54) is 17.7 Å². The number of ether oxygens (including phenoxy) is 1. The van der Waals surface area contributed by atoms with E-state index in [9.17, 15) is 10.1 Å². The predicted molar refractivity (Wildman–Crippen MR) is 114 cm³/mol. The minimum Gasteiger partial charge on any atom is -0.497 e. The number of nitro groups is 1. The summed E-state index contributed by atoms with van der Waals surface area (Å²) >= 11 is 1.36. The lowest BCUT2D eigenvalue weighted by Crippen LogP contribution is -2.47. The van der Waals surface area contributed by atoms with Gasteiger partial charge in [-0.15, -0.1) is 0 Å². The Morgan fingerprint density at radius 2 is 2.10 bits per heavy atom. The SMILES string of the molecule is COc1ccc2nc(Nc3ncnc(N4CCN(CCO)CC4)c3[N+](=O)[O-])sc2c1. The molecule has 1 saturated heterocycles. The van der Waals surface area contributed by atoms with E-state index < -0.39 is 4.92 Å². The number of anilines is 3. The van der Waals surface area contributed by atoms with Crippen LogP contribution in [0.2, 0.25) is 0 Å². The van der Waals surface area contributed by atoms with E-state index in [-0.39, 0.29) is 23.9 Å². The zero-order chi connectivity index (χ0) is 21.1. The van der Waals surface area contributed by atoms with E-state index >= 15 is 0 Å². The number of aliphatic hydroxyl groups excluding tert-OH is 1. The van der Waals surface area contributed by atoms with E-state index in [0.717, 1.165) is 10.2 Å². The van der Waals surface area contributed by atoms with Crippen molar-refractivity contribution in [3.8, 4) is 5.75 Å². The Kier molecular flexibility index (Phi) is 5.88. The molecule has 1 fully saturated rings. The minimum absolute atomic E-state index is 0.0930. The van der Waals surface area contributed by atoms with Crippen molar-refractivity contribution in [2.45, 2.75) is 0 Å². The highest BCUT2D eigenvalue weighted by Gasteiger charge is 2.29. The fourth-order valence-electron chi connectivity index (χ4n) is 3.37. The summed E-state index contributed by atoms with van der Waals surface area (Å²) < 4.78 is 6.13. The first-order valence-corrected chi connectivity index (χ1v) is 10.2.